The maximum absolute atomic E-state index is 12.6. The van der Waals surface area contributed by atoms with E-state index in [-0.39, 0.29) is 23.6 Å². The van der Waals surface area contributed by atoms with Gasteiger partial charge in [0, 0.05) is 20.0 Å². The van der Waals surface area contributed by atoms with Crippen LogP contribution in [-0.2, 0) is 19.1 Å². The summed E-state index contributed by atoms with van der Waals surface area (Å²) in [5, 5.41) is 2.49. The van der Waals surface area contributed by atoms with Crippen molar-refractivity contribution in [1.82, 2.24) is 10.2 Å². The Morgan fingerprint density at radius 3 is 2.37 bits per heavy atom. The van der Waals surface area contributed by atoms with Gasteiger partial charge in [-0.1, -0.05) is 49.6 Å². The van der Waals surface area contributed by atoms with Crippen LogP contribution in [0.25, 0.3) is 6.08 Å². The van der Waals surface area contributed by atoms with E-state index < -0.39 is 12.1 Å². The minimum Gasteiger partial charge on any atom is -0.448 e. The van der Waals surface area contributed by atoms with Crippen LogP contribution in [0.5, 0.6) is 0 Å². The van der Waals surface area contributed by atoms with Crippen molar-refractivity contribution in [2.75, 3.05) is 7.05 Å². The predicted molar refractivity (Wildman–Crippen MR) is 103 cm³/mol. The van der Waals surface area contributed by atoms with Gasteiger partial charge in [-0.15, -0.1) is 0 Å². The summed E-state index contributed by atoms with van der Waals surface area (Å²) in [5.74, 6) is -1.34. The third-order valence-electron chi connectivity index (χ3n) is 4.74. The van der Waals surface area contributed by atoms with Crippen molar-refractivity contribution in [1.29, 1.82) is 0 Å². The lowest BCUT2D eigenvalue weighted by Crippen LogP contribution is -2.44. The highest BCUT2D eigenvalue weighted by atomic mass is 16.5. The second kappa shape index (κ2) is 9.90. The Bertz CT molecular complexity index is 693. The molecule has 1 aliphatic carbocycles. The van der Waals surface area contributed by atoms with Crippen molar-refractivity contribution in [2.24, 2.45) is 0 Å². The highest BCUT2D eigenvalue weighted by molar-refractivity contribution is 5.98. The molecule has 0 radical (unpaired) electrons. The fourth-order valence-electron chi connectivity index (χ4n) is 3.26. The molecule has 1 saturated carbocycles. The summed E-state index contributed by atoms with van der Waals surface area (Å²) in [6.07, 6.45) is 6.00. The maximum atomic E-state index is 12.6. The number of amides is 2. The number of esters is 1. The van der Waals surface area contributed by atoms with Crippen molar-refractivity contribution in [3.8, 4) is 0 Å². The molecule has 146 valence electrons. The van der Waals surface area contributed by atoms with Crippen molar-refractivity contribution >= 4 is 23.9 Å². The van der Waals surface area contributed by atoms with Gasteiger partial charge in [0.15, 0.2) is 6.10 Å². The van der Waals surface area contributed by atoms with Gasteiger partial charge in [-0.3, -0.25) is 9.59 Å². The summed E-state index contributed by atoms with van der Waals surface area (Å²) < 4.78 is 5.35. The van der Waals surface area contributed by atoms with E-state index in [1.54, 1.807) is 31.0 Å². The van der Waals surface area contributed by atoms with E-state index in [0.29, 0.717) is 0 Å². The Kier molecular flexibility index (Phi) is 7.58. The molecule has 0 spiro atoms. The largest absolute Gasteiger partial charge is 0.448 e. The molecule has 1 aromatic carbocycles. The van der Waals surface area contributed by atoms with E-state index in [9.17, 15) is 14.4 Å². The van der Waals surface area contributed by atoms with Crippen LogP contribution in [0, 0.1) is 0 Å². The fraction of sp³-hybridized carbons (Fsp3) is 0.476. The van der Waals surface area contributed by atoms with Gasteiger partial charge in [-0.25, -0.2) is 4.79 Å². The van der Waals surface area contributed by atoms with Crippen molar-refractivity contribution in [2.45, 2.75) is 58.1 Å². The molecule has 1 atom stereocenters. The van der Waals surface area contributed by atoms with E-state index in [2.05, 4.69) is 5.32 Å². The molecule has 27 heavy (non-hydrogen) atoms. The van der Waals surface area contributed by atoms with Crippen LogP contribution < -0.4 is 5.32 Å². The van der Waals surface area contributed by atoms with Crippen LogP contribution in [0.4, 0.5) is 0 Å². The number of carbonyl (C=O) groups is 3. The molecular weight excluding hydrogens is 344 g/mol. The summed E-state index contributed by atoms with van der Waals surface area (Å²) in [6, 6.07) is 9.32. The van der Waals surface area contributed by atoms with Crippen LogP contribution in [0.3, 0.4) is 0 Å². The summed E-state index contributed by atoms with van der Waals surface area (Å²) in [5.41, 5.74) is 0.755. The number of nitrogens with zero attached hydrogens (tertiary/aromatic N) is 1. The first kappa shape index (κ1) is 20.7. The number of nitrogens with one attached hydrogen (secondary N) is 1. The highest BCUT2D eigenvalue weighted by Gasteiger charge is 2.28. The summed E-state index contributed by atoms with van der Waals surface area (Å²) in [6.45, 7) is 2.88. The van der Waals surface area contributed by atoms with E-state index in [4.69, 9.17) is 4.74 Å². The zero-order valence-corrected chi connectivity index (χ0v) is 16.2. The number of hydrogen-bond donors (Lipinski definition) is 1. The van der Waals surface area contributed by atoms with Crippen LogP contribution in [0.2, 0.25) is 0 Å². The number of rotatable bonds is 6. The molecule has 1 N–H and O–H groups in total. The minimum absolute atomic E-state index is 0.00803. The molecule has 0 aromatic heterocycles. The topological polar surface area (TPSA) is 75.7 Å². The third kappa shape index (κ3) is 6.24. The van der Waals surface area contributed by atoms with Gasteiger partial charge < -0.3 is 15.0 Å². The van der Waals surface area contributed by atoms with Crippen molar-refractivity contribution in [3.63, 3.8) is 0 Å². The standard InChI is InChI=1S/C21H28N2O4/c1-15(20(25)23(3)18-12-8-5-9-13-18)27-21(26)19(22-16(2)24)14-17-10-6-4-7-11-17/h4,6-7,10-11,14-15,18H,5,8-9,12-13H2,1-3H3,(H,22,24)/b19-14-/t15-/m1/s1. The molecule has 1 aliphatic rings. The van der Waals surface area contributed by atoms with E-state index in [0.717, 1.165) is 31.2 Å². The SMILES string of the molecule is CC(=O)N/C(=C\c1ccccc1)C(=O)O[C@H](C)C(=O)N(C)C1CCCCC1. The number of hydrogen-bond acceptors (Lipinski definition) is 4. The average molecular weight is 372 g/mol. The lowest BCUT2D eigenvalue weighted by molar-refractivity contribution is -0.157. The van der Waals surface area contributed by atoms with Crippen molar-refractivity contribution < 1.29 is 19.1 Å². The Morgan fingerprint density at radius 2 is 1.78 bits per heavy atom. The zero-order chi connectivity index (χ0) is 19.8. The minimum atomic E-state index is -0.919. The van der Waals surface area contributed by atoms with Gasteiger partial charge in [-0.2, -0.15) is 0 Å². The Morgan fingerprint density at radius 1 is 1.15 bits per heavy atom. The predicted octanol–water partition coefficient (Wildman–Crippen LogP) is 2.89. The number of likely N-dealkylation sites (N-methyl/N-ethyl adjacent to an activating group) is 1. The molecule has 1 aromatic rings. The molecule has 0 bridgehead atoms. The van der Waals surface area contributed by atoms with Gasteiger partial charge in [0.05, 0.1) is 0 Å². The monoisotopic (exact) mass is 372 g/mol. The van der Waals surface area contributed by atoms with Crippen LogP contribution >= 0.6 is 0 Å². The van der Waals surface area contributed by atoms with Crippen molar-refractivity contribution in [3.05, 3.63) is 41.6 Å². The molecule has 2 rings (SSSR count). The van der Waals surface area contributed by atoms with Gasteiger partial charge in [0.1, 0.15) is 5.70 Å². The first-order valence-electron chi connectivity index (χ1n) is 9.40. The molecule has 0 heterocycles. The molecule has 6 nitrogen and oxygen atoms in total. The Labute approximate surface area is 160 Å². The van der Waals surface area contributed by atoms with Crippen LogP contribution in [0.1, 0.15) is 51.5 Å². The molecule has 0 unspecified atom stereocenters. The maximum Gasteiger partial charge on any atom is 0.355 e. The van der Waals surface area contributed by atoms with E-state index in [1.165, 1.54) is 19.4 Å². The number of carbonyl (C=O) groups excluding carboxylic acids is 3. The molecular formula is C21H28N2O4. The third-order valence-corrected chi connectivity index (χ3v) is 4.74. The van der Waals surface area contributed by atoms with Gasteiger partial charge in [0.25, 0.3) is 5.91 Å². The Hall–Kier alpha value is -2.63. The number of benzene rings is 1. The average Bonchev–Trinajstić information content (AvgIpc) is 2.67. The molecule has 6 heteroatoms. The normalized spacial score (nSPS) is 16.3. The van der Waals surface area contributed by atoms with Crippen LogP contribution in [-0.4, -0.2) is 41.9 Å². The second-order valence-corrected chi connectivity index (χ2v) is 6.94. The zero-order valence-electron chi connectivity index (χ0n) is 16.2. The molecule has 0 saturated heterocycles. The van der Waals surface area contributed by atoms with Gasteiger partial charge in [-0.05, 0) is 31.4 Å². The number of ether oxygens (including phenoxy) is 1. The quantitative estimate of drug-likeness (QED) is 0.615. The first-order valence-corrected chi connectivity index (χ1v) is 9.40. The Balaban J connectivity index is 2.05. The van der Waals surface area contributed by atoms with E-state index >= 15 is 0 Å². The molecule has 1 fully saturated rings. The summed E-state index contributed by atoms with van der Waals surface area (Å²) in [7, 11) is 1.76. The molecule has 2 amide bonds. The highest BCUT2D eigenvalue weighted by Crippen LogP contribution is 2.22. The second-order valence-electron chi connectivity index (χ2n) is 6.94. The fourth-order valence-corrected chi connectivity index (χ4v) is 3.26. The van der Waals surface area contributed by atoms with Crippen LogP contribution in [0.15, 0.2) is 36.0 Å². The summed E-state index contributed by atoms with van der Waals surface area (Å²) in [4.78, 5) is 38.3. The summed E-state index contributed by atoms with van der Waals surface area (Å²) >= 11 is 0. The smallest absolute Gasteiger partial charge is 0.355 e. The van der Waals surface area contributed by atoms with E-state index in [1.807, 2.05) is 18.2 Å². The first-order chi connectivity index (χ1) is 12.9. The van der Waals surface area contributed by atoms with Gasteiger partial charge in [0.2, 0.25) is 5.91 Å². The lowest BCUT2D eigenvalue weighted by Gasteiger charge is -2.32. The van der Waals surface area contributed by atoms with Gasteiger partial charge >= 0.3 is 5.97 Å². The molecule has 0 aliphatic heterocycles. The lowest BCUT2D eigenvalue weighted by atomic mass is 9.94.